The Morgan fingerprint density at radius 2 is 1.38 bits per heavy atom. The summed E-state index contributed by atoms with van der Waals surface area (Å²) in [6.07, 6.45) is 0. The normalized spacial score (nSPS) is 16.2. The second kappa shape index (κ2) is 6.78. The second-order valence-electron chi connectivity index (χ2n) is 0.502. The van der Waals surface area contributed by atoms with Crippen LogP contribution in [0.2, 0.25) is 0 Å². The number of rotatable bonds is 2. The van der Waals surface area contributed by atoms with Crippen LogP contribution in [0.25, 0.3) is 0 Å². The fourth-order valence-electron chi connectivity index (χ4n) is 0.0498. The number of hydrogen-bond donors (Lipinski definition) is 2. The van der Waals surface area contributed by atoms with Crippen molar-refractivity contribution in [2.24, 2.45) is 0 Å². The van der Waals surface area contributed by atoms with E-state index in [9.17, 15) is 8.42 Å². The Kier molecular flexibility index (Phi) is 10.5. The molecule has 0 atom stereocenters. The Labute approximate surface area is 88.0 Å². The topological polar surface area (TPSA) is 83.8 Å². The van der Waals surface area contributed by atoms with Gasteiger partial charge >= 0.3 is 68.2 Å². The van der Waals surface area contributed by atoms with Gasteiger partial charge in [0.15, 0.2) is 0 Å². The van der Waals surface area contributed by atoms with Crippen LogP contribution in [-0.4, -0.2) is 63.0 Å². The molecule has 0 aromatic carbocycles. The van der Waals surface area contributed by atoms with E-state index >= 15 is 0 Å². The van der Waals surface area contributed by atoms with Crippen molar-refractivity contribution in [1.29, 1.82) is 0 Å². The van der Waals surface area contributed by atoms with E-state index in [4.69, 9.17) is 9.11 Å². The molecule has 0 aromatic heterocycles. The molecular weight excluding hydrogens is 232 g/mol. The molecule has 48 valence electrons. The molecule has 5 nitrogen and oxygen atoms in total. The van der Waals surface area contributed by atoms with E-state index in [0.717, 1.165) is 0 Å². The van der Waals surface area contributed by atoms with Gasteiger partial charge in [0.1, 0.15) is 0 Å². The third kappa shape index (κ3) is 10.6. The van der Waals surface area contributed by atoms with Crippen molar-refractivity contribution >= 4 is 68.2 Å². The molecule has 8 heteroatoms. The summed E-state index contributed by atoms with van der Waals surface area (Å²) in [5, 5.41) is 0. The summed E-state index contributed by atoms with van der Waals surface area (Å²) in [4.78, 5) is 0. The van der Waals surface area contributed by atoms with Crippen LogP contribution in [-0.2, 0) is 26.4 Å². The van der Waals surface area contributed by atoms with Gasteiger partial charge in [0.25, 0.3) is 0 Å². The molecule has 0 rings (SSSR count). The van der Waals surface area contributed by atoms with Crippen LogP contribution in [0.15, 0.2) is 0 Å². The monoisotopic (exact) mass is 236 g/mol. The molecule has 0 fully saturated rings. The Morgan fingerprint density at radius 1 is 1.12 bits per heavy atom. The van der Waals surface area contributed by atoms with Crippen molar-refractivity contribution in [1.82, 2.24) is 0 Å². The van der Waals surface area contributed by atoms with E-state index in [-0.39, 0.29) is 45.5 Å². The van der Waals surface area contributed by atoms with E-state index in [1.807, 2.05) is 0 Å². The summed E-state index contributed by atoms with van der Waals surface area (Å²) in [6.45, 7) is 0. The first-order valence-electron chi connectivity index (χ1n) is 1.03. The van der Waals surface area contributed by atoms with E-state index in [2.05, 4.69) is 3.63 Å². The molecule has 0 aliphatic heterocycles. The minimum absolute atomic E-state index is 0. The Hall–Kier alpha value is 1.66. The summed E-state index contributed by atoms with van der Waals surface area (Å²) >= 11 is -5.29. The molecule has 0 aliphatic carbocycles. The van der Waals surface area contributed by atoms with Gasteiger partial charge < -0.3 is 0 Å². The third-order valence-electron chi connectivity index (χ3n) is 0.116. The van der Waals surface area contributed by atoms with Crippen LogP contribution in [0, 0.1) is 0 Å². The molecule has 2 N–H and O–H groups in total. The van der Waals surface area contributed by atoms with Crippen molar-refractivity contribution < 1.29 is 21.2 Å². The maximum absolute atomic E-state index is 9.35. The second-order valence-corrected chi connectivity index (χ2v) is 1.92. The molecule has 0 unspecified atom stereocenters. The zero-order valence-electron chi connectivity index (χ0n) is 2.94. The summed E-state index contributed by atoms with van der Waals surface area (Å²) < 4.78 is 37.2. The molecule has 0 bridgehead atoms. The molecule has 0 radical (unpaired) electrons. The van der Waals surface area contributed by atoms with E-state index in [0.29, 0.717) is 0 Å². The SMILES string of the molecule is O=S(O)OS(=O)O.[SrH2]. The van der Waals surface area contributed by atoms with Crippen molar-refractivity contribution in [3.63, 3.8) is 0 Å². The first-order chi connectivity index (χ1) is 3.13. The van der Waals surface area contributed by atoms with Crippen LogP contribution in [0.1, 0.15) is 0 Å². The van der Waals surface area contributed by atoms with Gasteiger partial charge in [-0.05, 0) is 0 Å². The van der Waals surface area contributed by atoms with Crippen LogP contribution in [0.3, 0.4) is 0 Å². The Balaban J connectivity index is 0. The van der Waals surface area contributed by atoms with Crippen LogP contribution in [0.5, 0.6) is 0 Å². The van der Waals surface area contributed by atoms with Crippen LogP contribution in [0.4, 0.5) is 0 Å². The first-order valence-corrected chi connectivity index (χ1v) is 3.10. The van der Waals surface area contributed by atoms with Gasteiger partial charge in [-0.15, -0.1) is 3.63 Å². The molecule has 0 aromatic rings. The molecule has 0 amide bonds. The fraction of sp³-hybridized carbons (Fsp3) is 0. The summed E-state index contributed by atoms with van der Waals surface area (Å²) in [6, 6.07) is 0. The Bertz CT molecular complexity index is 86.6. The summed E-state index contributed by atoms with van der Waals surface area (Å²) in [7, 11) is 0. The van der Waals surface area contributed by atoms with Gasteiger partial charge in [0, 0.05) is 0 Å². The van der Waals surface area contributed by atoms with Gasteiger partial charge in [-0.2, -0.15) is 8.42 Å². The van der Waals surface area contributed by atoms with Crippen molar-refractivity contribution in [2.45, 2.75) is 0 Å². The van der Waals surface area contributed by atoms with Crippen molar-refractivity contribution in [2.75, 3.05) is 0 Å². The first kappa shape index (κ1) is 12.3. The fourth-order valence-corrected chi connectivity index (χ4v) is 0.448. The van der Waals surface area contributed by atoms with E-state index in [1.54, 1.807) is 0 Å². The van der Waals surface area contributed by atoms with Crippen LogP contribution >= 0.6 is 0 Å². The summed E-state index contributed by atoms with van der Waals surface area (Å²) in [5.74, 6) is 0. The van der Waals surface area contributed by atoms with Crippen LogP contribution < -0.4 is 0 Å². The van der Waals surface area contributed by atoms with Crippen molar-refractivity contribution in [3.8, 4) is 0 Å². The van der Waals surface area contributed by atoms with Gasteiger partial charge in [0.2, 0.25) is 0 Å². The minimum atomic E-state index is -2.65. The predicted molar refractivity (Wildman–Crippen MR) is 31.2 cm³/mol. The predicted octanol–water partition coefficient (Wildman–Crippen LogP) is -1.64. The van der Waals surface area contributed by atoms with E-state index in [1.165, 1.54) is 0 Å². The van der Waals surface area contributed by atoms with Crippen molar-refractivity contribution in [3.05, 3.63) is 0 Å². The molecular formula is H4O5S2Sr. The van der Waals surface area contributed by atoms with E-state index < -0.39 is 22.7 Å². The molecule has 0 saturated heterocycles. The zero-order valence-corrected chi connectivity index (χ0v) is 4.57. The van der Waals surface area contributed by atoms with Gasteiger partial charge in [0.05, 0.1) is 0 Å². The van der Waals surface area contributed by atoms with Gasteiger partial charge in [-0.25, -0.2) is 0 Å². The molecule has 0 spiro atoms. The van der Waals surface area contributed by atoms with Gasteiger partial charge in [-0.1, -0.05) is 0 Å². The Morgan fingerprint density at radius 3 is 1.38 bits per heavy atom. The zero-order chi connectivity index (χ0) is 5.86. The standard InChI is InChI=1S/H2O5S2.Sr.2H/c1-6(2)5-7(3)4;;;/h(H,1,2)(H,3,4);;;. The quantitative estimate of drug-likeness (QED) is 0.443. The average Bonchev–Trinajstić information content (AvgIpc) is 1.27. The molecule has 0 saturated carbocycles. The maximum atomic E-state index is 9.35. The molecule has 8 heavy (non-hydrogen) atoms. The molecule has 0 aliphatic rings. The average molecular weight is 236 g/mol. The number of hydrogen-bond acceptors (Lipinski definition) is 3. The van der Waals surface area contributed by atoms with Gasteiger partial charge in [-0.3, -0.25) is 9.11 Å². The molecule has 0 heterocycles. The third-order valence-corrected chi connectivity index (χ3v) is 1.05. The summed E-state index contributed by atoms with van der Waals surface area (Å²) in [5.41, 5.74) is 0.